The van der Waals surface area contributed by atoms with Crippen molar-refractivity contribution in [3.05, 3.63) is 12.4 Å². The second-order valence-electron chi connectivity index (χ2n) is 5.17. The number of halogens is 3. The number of alkyl halides is 3. The van der Waals surface area contributed by atoms with Gasteiger partial charge in [-0.2, -0.15) is 0 Å². The zero-order valence-electron chi connectivity index (χ0n) is 11.6. The van der Waals surface area contributed by atoms with E-state index in [1.54, 1.807) is 0 Å². The summed E-state index contributed by atoms with van der Waals surface area (Å²) in [6.45, 7) is 1.22. The van der Waals surface area contributed by atoms with Crippen molar-refractivity contribution in [2.75, 3.05) is 13.2 Å². The second-order valence-corrected chi connectivity index (χ2v) is 5.17. The minimum Gasteiger partial charge on any atom is -0.473 e. The Morgan fingerprint density at radius 2 is 1.64 bits per heavy atom. The maximum Gasteiger partial charge on any atom is 0.574 e. The molecule has 0 radical (unpaired) electrons. The van der Waals surface area contributed by atoms with Crippen LogP contribution in [-0.4, -0.2) is 41.4 Å². The van der Waals surface area contributed by atoms with Crippen LogP contribution in [0.15, 0.2) is 12.4 Å². The highest BCUT2D eigenvalue weighted by atomic mass is 19.4. The highest BCUT2D eigenvalue weighted by molar-refractivity contribution is 5.11. The fourth-order valence-corrected chi connectivity index (χ4v) is 2.64. The smallest absolute Gasteiger partial charge is 0.473 e. The van der Waals surface area contributed by atoms with E-state index in [1.165, 1.54) is 0 Å². The molecule has 22 heavy (non-hydrogen) atoms. The monoisotopic (exact) mass is 320 g/mol. The zero-order chi connectivity index (χ0) is 15.6. The van der Waals surface area contributed by atoms with E-state index in [9.17, 15) is 13.2 Å². The van der Waals surface area contributed by atoms with Gasteiger partial charge in [0.25, 0.3) is 0 Å². The summed E-state index contributed by atoms with van der Waals surface area (Å²) in [5.41, 5.74) is 0. The van der Waals surface area contributed by atoms with E-state index >= 15 is 0 Å². The molecule has 1 spiro atoms. The maximum absolute atomic E-state index is 12.0. The topological polar surface area (TPSA) is 62.7 Å². The lowest BCUT2D eigenvalue weighted by Gasteiger charge is -2.35. The third-order valence-corrected chi connectivity index (χ3v) is 3.62. The van der Waals surface area contributed by atoms with Crippen LogP contribution in [-0.2, 0) is 9.47 Å². The Morgan fingerprint density at radius 3 is 2.18 bits per heavy atom. The van der Waals surface area contributed by atoms with Gasteiger partial charge in [-0.3, -0.25) is 0 Å². The average Bonchev–Trinajstić information content (AvgIpc) is 2.91. The number of hydrogen-bond donors (Lipinski definition) is 0. The van der Waals surface area contributed by atoms with Crippen LogP contribution >= 0.6 is 0 Å². The third-order valence-electron chi connectivity index (χ3n) is 3.62. The van der Waals surface area contributed by atoms with Gasteiger partial charge in [0.05, 0.1) is 25.6 Å². The first-order chi connectivity index (χ1) is 10.4. The van der Waals surface area contributed by atoms with Crippen molar-refractivity contribution < 1.29 is 32.1 Å². The van der Waals surface area contributed by atoms with E-state index in [-0.39, 0.29) is 12.0 Å². The van der Waals surface area contributed by atoms with Crippen molar-refractivity contribution in [1.82, 2.24) is 9.97 Å². The standard InChI is InChI=1S/C13H15F3N2O4/c14-13(15,16)22-11-8-17-10(7-18-11)21-9-1-3-12(4-2-9)19-5-6-20-12/h7-9H,1-6H2. The molecule has 0 aromatic carbocycles. The molecule has 2 heterocycles. The normalized spacial score (nSPS) is 22.0. The fraction of sp³-hybridized carbons (Fsp3) is 0.692. The molecule has 1 aliphatic heterocycles. The highest BCUT2D eigenvalue weighted by Gasteiger charge is 2.41. The summed E-state index contributed by atoms with van der Waals surface area (Å²) in [5, 5.41) is 0. The van der Waals surface area contributed by atoms with Gasteiger partial charge in [0.1, 0.15) is 6.10 Å². The molecule has 3 rings (SSSR count). The van der Waals surface area contributed by atoms with Crippen LogP contribution < -0.4 is 9.47 Å². The first-order valence-electron chi connectivity index (χ1n) is 6.97. The SMILES string of the molecule is FC(F)(F)Oc1cnc(OC2CCC3(CC2)OCCO3)cn1. The summed E-state index contributed by atoms with van der Waals surface area (Å²) in [4.78, 5) is 7.30. The summed E-state index contributed by atoms with van der Waals surface area (Å²) in [6.07, 6.45) is 0.0357. The Labute approximate surface area is 124 Å². The molecular weight excluding hydrogens is 305 g/mol. The second kappa shape index (κ2) is 5.88. The predicted octanol–water partition coefficient (Wildman–Crippen LogP) is 2.44. The number of aromatic nitrogens is 2. The van der Waals surface area contributed by atoms with E-state index < -0.39 is 18.0 Å². The van der Waals surface area contributed by atoms with E-state index in [1.807, 2.05) is 0 Å². The van der Waals surface area contributed by atoms with Crippen LogP contribution in [0.1, 0.15) is 25.7 Å². The van der Waals surface area contributed by atoms with Crippen LogP contribution in [0.2, 0.25) is 0 Å². The van der Waals surface area contributed by atoms with E-state index in [4.69, 9.17) is 14.2 Å². The van der Waals surface area contributed by atoms with Crippen LogP contribution in [0, 0.1) is 0 Å². The lowest BCUT2D eigenvalue weighted by Crippen LogP contribution is -2.38. The van der Waals surface area contributed by atoms with Crippen LogP contribution in [0.4, 0.5) is 13.2 Å². The van der Waals surface area contributed by atoms with Crippen molar-refractivity contribution in [2.45, 2.75) is 43.9 Å². The Balaban J connectivity index is 1.51. The lowest BCUT2D eigenvalue weighted by molar-refractivity contribution is -0.276. The Morgan fingerprint density at radius 1 is 1.05 bits per heavy atom. The summed E-state index contributed by atoms with van der Waals surface area (Å²) < 4.78 is 56.5. The summed E-state index contributed by atoms with van der Waals surface area (Å²) in [6, 6.07) is 0. The molecule has 1 aliphatic carbocycles. The molecule has 1 aromatic heterocycles. The van der Waals surface area contributed by atoms with E-state index in [0.717, 1.165) is 38.1 Å². The first kappa shape index (κ1) is 15.3. The number of rotatable bonds is 3. The average molecular weight is 320 g/mol. The van der Waals surface area contributed by atoms with Gasteiger partial charge < -0.3 is 18.9 Å². The van der Waals surface area contributed by atoms with Gasteiger partial charge in [0.15, 0.2) is 5.79 Å². The molecule has 1 saturated heterocycles. The minimum absolute atomic E-state index is 0.0814. The molecule has 0 N–H and O–H groups in total. The summed E-state index contributed by atoms with van der Waals surface area (Å²) >= 11 is 0. The Bertz CT molecular complexity index is 493. The molecule has 0 amide bonds. The lowest BCUT2D eigenvalue weighted by atomic mass is 9.92. The fourth-order valence-electron chi connectivity index (χ4n) is 2.64. The number of hydrogen-bond acceptors (Lipinski definition) is 6. The van der Waals surface area contributed by atoms with Gasteiger partial charge in [0.2, 0.25) is 11.8 Å². The molecule has 6 nitrogen and oxygen atoms in total. The van der Waals surface area contributed by atoms with Gasteiger partial charge >= 0.3 is 6.36 Å². The Hall–Kier alpha value is -1.61. The van der Waals surface area contributed by atoms with Gasteiger partial charge in [-0.1, -0.05) is 0 Å². The van der Waals surface area contributed by atoms with Gasteiger partial charge in [-0.05, 0) is 12.8 Å². The van der Waals surface area contributed by atoms with Crippen LogP contribution in [0.5, 0.6) is 11.8 Å². The Kier molecular flexibility index (Phi) is 4.09. The molecule has 0 bridgehead atoms. The summed E-state index contributed by atoms with van der Waals surface area (Å²) in [7, 11) is 0. The van der Waals surface area contributed by atoms with Crippen molar-refractivity contribution >= 4 is 0 Å². The van der Waals surface area contributed by atoms with Gasteiger partial charge in [0, 0.05) is 12.8 Å². The molecule has 2 aliphatic rings. The number of nitrogens with zero attached hydrogens (tertiary/aromatic N) is 2. The third kappa shape index (κ3) is 3.77. The predicted molar refractivity (Wildman–Crippen MR) is 66.2 cm³/mol. The van der Waals surface area contributed by atoms with Crippen molar-refractivity contribution in [3.8, 4) is 11.8 Å². The first-order valence-corrected chi connectivity index (χ1v) is 6.97. The molecular formula is C13H15F3N2O4. The molecule has 1 saturated carbocycles. The molecule has 2 fully saturated rings. The zero-order valence-corrected chi connectivity index (χ0v) is 11.6. The van der Waals surface area contributed by atoms with Gasteiger partial charge in [-0.25, -0.2) is 9.97 Å². The molecule has 1 aromatic rings. The van der Waals surface area contributed by atoms with Crippen molar-refractivity contribution in [1.29, 1.82) is 0 Å². The molecule has 0 atom stereocenters. The van der Waals surface area contributed by atoms with Crippen molar-refractivity contribution in [2.24, 2.45) is 0 Å². The molecule has 9 heteroatoms. The highest BCUT2D eigenvalue weighted by Crippen LogP contribution is 2.36. The largest absolute Gasteiger partial charge is 0.574 e. The van der Waals surface area contributed by atoms with E-state index in [2.05, 4.69) is 14.7 Å². The summed E-state index contributed by atoms with van der Waals surface area (Å²) in [5.74, 6) is -0.922. The van der Waals surface area contributed by atoms with Crippen molar-refractivity contribution in [3.63, 3.8) is 0 Å². The quantitative estimate of drug-likeness (QED) is 0.852. The number of ether oxygens (including phenoxy) is 4. The molecule has 122 valence electrons. The maximum atomic E-state index is 12.0. The van der Waals surface area contributed by atoms with E-state index in [0.29, 0.717) is 13.2 Å². The van der Waals surface area contributed by atoms with Crippen LogP contribution in [0.25, 0.3) is 0 Å². The van der Waals surface area contributed by atoms with Crippen LogP contribution in [0.3, 0.4) is 0 Å². The van der Waals surface area contributed by atoms with Gasteiger partial charge in [-0.15, -0.1) is 13.2 Å². The minimum atomic E-state index is -4.78. The molecule has 0 unspecified atom stereocenters.